The van der Waals surface area contributed by atoms with E-state index in [4.69, 9.17) is 4.74 Å². The number of Topliss-reactive ketones (excluding diaryl/α,β-unsaturated/α-hetero) is 1. The second kappa shape index (κ2) is 8.94. The van der Waals surface area contributed by atoms with Crippen molar-refractivity contribution < 1.29 is 14.3 Å². The van der Waals surface area contributed by atoms with Crippen LogP contribution in [0.1, 0.15) is 91.9 Å². The van der Waals surface area contributed by atoms with Gasteiger partial charge >= 0.3 is 5.97 Å². The molecule has 29 heavy (non-hydrogen) atoms. The van der Waals surface area contributed by atoms with E-state index in [0.29, 0.717) is 41.3 Å². The first-order chi connectivity index (χ1) is 13.9. The van der Waals surface area contributed by atoms with Crippen LogP contribution in [0.15, 0.2) is 12.2 Å². The first-order valence-electron chi connectivity index (χ1n) is 12.2. The number of fused-ring (bicyclic) bond motifs is 5. The molecule has 0 bridgehead atoms. The largest absolute Gasteiger partial charge is 0.469 e. The van der Waals surface area contributed by atoms with Gasteiger partial charge in [0.15, 0.2) is 0 Å². The predicted octanol–water partition coefficient (Wildman–Crippen LogP) is 6.36. The standard InChI is InChI=1S/C24H36O3.C2H6/c1-23-13-5-4-7-17(23)15-20(25)22-18-11-10-16(8-6-9-21(26)27-3)24(18,2)14-12-19(22)23;1-2/h12,14,16-19,22H,4-11,13,15H2,1-3H3;1-2H3. The molecule has 0 radical (unpaired) electrons. The summed E-state index contributed by atoms with van der Waals surface area (Å²) in [5, 5.41) is 0. The van der Waals surface area contributed by atoms with Crippen molar-refractivity contribution in [3.8, 4) is 0 Å². The highest BCUT2D eigenvalue weighted by Crippen LogP contribution is 2.64. The van der Waals surface area contributed by atoms with Gasteiger partial charge in [-0.05, 0) is 73.0 Å². The van der Waals surface area contributed by atoms with E-state index in [0.717, 1.165) is 19.3 Å². The van der Waals surface area contributed by atoms with Crippen LogP contribution in [0, 0.1) is 40.4 Å². The molecule has 4 aliphatic rings. The molecule has 4 aliphatic carbocycles. The van der Waals surface area contributed by atoms with E-state index in [1.807, 2.05) is 13.8 Å². The number of carbonyl (C=O) groups excluding carboxylic acids is 2. The molecule has 7 atom stereocenters. The topological polar surface area (TPSA) is 43.4 Å². The second-order valence-electron chi connectivity index (χ2n) is 10.2. The Morgan fingerprint density at radius 2 is 1.93 bits per heavy atom. The van der Waals surface area contributed by atoms with Gasteiger partial charge in [0.1, 0.15) is 5.78 Å². The number of ether oxygens (including phenoxy) is 1. The normalized spacial score (nSPS) is 42.8. The molecule has 0 saturated heterocycles. The summed E-state index contributed by atoms with van der Waals surface area (Å²) in [5.41, 5.74) is 0.461. The van der Waals surface area contributed by atoms with Gasteiger partial charge in [-0.1, -0.05) is 52.7 Å². The summed E-state index contributed by atoms with van der Waals surface area (Å²) in [4.78, 5) is 24.7. The van der Waals surface area contributed by atoms with E-state index in [-0.39, 0.29) is 17.3 Å². The fourth-order valence-electron chi connectivity index (χ4n) is 7.50. The lowest BCUT2D eigenvalue weighted by Gasteiger charge is -2.57. The Bertz CT molecular complexity index is 638. The Morgan fingerprint density at radius 1 is 1.17 bits per heavy atom. The molecule has 3 saturated carbocycles. The molecule has 0 aromatic carbocycles. The summed E-state index contributed by atoms with van der Waals surface area (Å²) in [7, 11) is 1.47. The molecule has 4 rings (SSSR count). The number of hydrogen-bond acceptors (Lipinski definition) is 3. The number of ketones is 1. The van der Waals surface area contributed by atoms with Gasteiger partial charge in [-0.2, -0.15) is 0 Å². The molecule has 0 aliphatic heterocycles. The summed E-state index contributed by atoms with van der Waals surface area (Å²) < 4.78 is 4.80. The maximum atomic E-state index is 13.3. The van der Waals surface area contributed by atoms with Crippen LogP contribution in [0.3, 0.4) is 0 Å². The van der Waals surface area contributed by atoms with Crippen molar-refractivity contribution in [2.45, 2.75) is 91.9 Å². The van der Waals surface area contributed by atoms with Crippen molar-refractivity contribution in [2.75, 3.05) is 7.11 Å². The maximum Gasteiger partial charge on any atom is 0.305 e. The van der Waals surface area contributed by atoms with Gasteiger partial charge < -0.3 is 4.74 Å². The Labute approximate surface area is 178 Å². The van der Waals surface area contributed by atoms with E-state index >= 15 is 0 Å². The zero-order valence-corrected chi connectivity index (χ0v) is 19.3. The minimum Gasteiger partial charge on any atom is -0.469 e. The highest BCUT2D eigenvalue weighted by atomic mass is 16.5. The summed E-state index contributed by atoms with van der Waals surface area (Å²) >= 11 is 0. The van der Waals surface area contributed by atoms with Crippen LogP contribution >= 0.6 is 0 Å². The van der Waals surface area contributed by atoms with Gasteiger partial charge in [-0.3, -0.25) is 9.59 Å². The number of carbonyl (C=O) groups is 2. The van der Waals surface area contributed by atoms with Crippen LogP contribution in [0.2, 0.25) is 0 Å². The fraction of sp³-hybridized carbons (Fsp3) is 0.846. The molecule has 0 amide bonds. The molecule has 3 fully saturated rings. The molecule has 3 heteroatoms. The molecule has 0 N–H and O–H groups in total. The van der Waals surface area contributed by atoms with E-state index in [1.54, 1.807) is 0 Å². The number of methoxy groups -OCH3 is 1. The van der Waals surface area contributed by atoms with Gasteiger partial charge in [0.05, 0.1) is 7.11 Å². The average Bonchev–Trinajstić information content (AvgIpc) is 3.06. The Morgan fingerprint density at radius 3 is 2.66 bits per heavy atom. The smallest absolute Gasteiger partial charge is 0.305 e. The minimum absolute atomic E-state index is 0.104. The first-order valence-corrected chi connectivity index (χ1v) is 12.2. The molecular weight excluding hydrogens is 360 g/mol. The van der Waals surface area contributed by atoms with Crippen molar-refractivity contribution in [3.63, 3.8) is 0 Å². The number of rotatable bonds is 4. The highest BCUT2D eigenvalue weighted by Gasteiger charge is 2.60. The third-order valence-electron chi connectivity index (χ3n) is 9.18. The highest BCUT2D eigenvalue weighted by molar-refractivity contribution is 5.84. The van der Waals surface area contributed by atoms with Crippen molar-refractivity contribution in [1.29, 1.82) is 0 Å². The van der Waals surface area contributed by atoms with Crippen molar-refractivity contribution in [1.82, 2.24) is 0 Å². The molecule has 0 aromatic rings. The predicted molar refractivity (Wildman–Crippen MR) is 117 cm³/mol. The zero-order chi connectivity index (χ0) is 21.2. The van der Waals surface area contributed by atoms with Crippen molar-refractivity contribution in [3.05, 3.63) is 12.2 Å². The molecular formula is C26H42O3. The summed E-state index contributed by atoms with van der Waals surface area (Å²) in [6.07, 6.45) is 15.8. The van der Waals surface area contributed by atoms with Crippen LogP contribution in [-0.4, -0.2) is 18.9 Å². The maximum absolute atomic E-state index is 13.3. The minimum atomic E-state index is -0.104. The summed E-state index contributed by atoms with van der Waals surface area (Å²) in [6, 6.07) is 0. The fourth-order valence-corrected chi connectivity index (χ4v) is 7.50. The lowest BCUT2D eigenvalue weighted by Crippen LogP contribution is -2.54. The molecule has 3 nitrogen and oxygen atoms in total. The molecule has 164 valence electrons. The van der Waals surface area contributed by atoms with Gasteiger partial charge in [-0.15, -0.1) is 0 Å². The molecule has 0 heterocycles. The second-order valence-corrected chi connectivity index (χ2v) is 10.2. The zero-order valence-electron chi connectivity index (χ0n) is 19.3. The van der Waals surface area contributed by atoms with E-state index in [2.05, 4.69) is 26.0 Å². The molecule has 0 aromatic heterocycles. The lowest BCUT2D eigenvalue weighted by molar-refractivity contribution is -0.143. The van der Waals surface area contributed by atoms with Crippen molar-refractivity contribution in [2.24, 2.45) is 40.4 Å². The SMILES string of the molecule is CC.COC(=O)CCCC1CCC2C3C(=O)CC4CCCCC4(C)C3C=CC12C. The number of esters is 1. The van der Waals surface area contributed by atoms with Crippen LogP contribution in [-0.2, 0) is 14.3 Å². The van der Waals surface area contributed by atoms with Crippen LogP contribution in [0.4, 0.5) is 0 Å². The van der Waals surface area contributed by atoms with Gasteiger partial charge in [0.2, 0.25) is 0 Å². The first kappa shape index (κ1) is 22.6. The molecule has 0 spiro atoms. The quantitative estimate of drug-likeness (QED) is 0.406. The van der Waals surface area contributed by atoms with E-state index in [1.165, 1.54) is 45.6 Å². The van der Waals surface area contributed by atoms with Crippen molar-refractivity contribution >= 4 is 11.8 Å². The van der Waals surface area contributed by atoms with Gasteiger partial charge in [-0.25, -0.2) is 0 Å². The third-order valence-corrected chi connectivity index (χ3v) is 9.18. The average molecular weight is 403 g/mol. The van der Waals surface area contributed by atoms with Crippen LogP contribution in [0.5, 0.6) is 0 Å². The Balaban J connectivity index is 0.00000117. The Hall–Kier alpha value is -1.12. The number of hydrogen-bond donors (Lipinski definition) is 0. The van der Waals surface area contributed by atoms with E-state index < -0.39 is 0 Å². The van der Waals surface area contributed by atoms with Gasteiger partial charge in [0.25, 0.3) is 0 Å². The van der Waals surface area contributed by atoms with Crippen LogP contribution < -0.4 is 0 Å². The summed E-state index contributed by atoms with van der Waals surface area (Å²) in [5.74, 6) is 2.84. The third kappa shape index (κ3) is 3.83. The monoisotopic (exact) mass is 402 g/mol. The number of allylic oxidation sites excluding steroid dienone is 2. The lowest BCUT2D eigenvalue weighted by atomic mass is 9.46. The van der Waals surface area contributed by atoms with Crippen LogP contribution in [0.25, 0.3) is 0 Å². The van der Waals surface area contributed by atoms with Gasteiger partial charge in [0, 0.05) is 18.8 Å². The Kier molecular flexibility index (Phi) is 6.95. The summed E-state index contributed by atoms with van der Waals surface area (Å²) in [6.45, 7) is 8.87. The molecule has 7 unspecified atom stereocenters. The van der Waals surface area contributed by atoms with E-state index in [9.17, 15) is 9.59 Å².